The van der Waals surface area contributed by atoms with Crippen LogP contribution in [0.4, 0.5) is 5.69 Å². The lowest BCUT2D eigenvalue weighted by atomic mass is 10.2. The summed E-state index contributed by atoms with van der Waals surface area (Å²) >= 11 is 0. The summed E-state index contributed by atoms with van der Waals surface area (Å²) in [6.07, 6.45) is 0.943. The van der Waals surface area contributed by atoms with Gasteiger partial charge in [0.1, 0.15) is 11.5 Å². The molecule has 6 heteroatoms. The first-order valence-corrected chi connectivity index (χ1v) is 7.64. The van der Waals surface area contributed by atoms with Crippen LogP contribution in [0.2, 0.25) is 0 Å². The summed E-state index contributed by atoms with van der Waals surface area (Å²) in [5.74, 6) is 0.539. The van der Waals surface area contributed by atoms with E-state index >= 15 is 0 Å². The summed E-state index contributed by atoms with van der Waals surface area (Å²) in [5, 5.41) is 2.68. The Balaban J connectivity index is 1.81. The summed E-state index contributed by atoms with van der Waals surface area (Å²) in [6, 6.07) is 13.4. The molecule has 0 aliphatic heterocycles. The third-order valence-electron chi connectivity index (χ3n) is 3.12. The lowest BCUT2D eigenvalue weighted by Gasteiger charge is -2.09. The molecule has 0 radical (unpaired) electrons. The van der Waals surface area contributed by atoms with Crippen LogP contribution in [-0.2, 0) is 4.79 Å². The molecule has 126 valence electrons. The van der Waals surface area contributed by atoms with Crippen molar-refractivity contribution in [2.75, 3.05) is 18.5 Å². The molecule has 2 amide bonds. The number of hydrogen-bond donors (Lipinski definition) is 2. The topological polar surface area (TPSA) is 90.7 Å². The van der Waals surface area contributed by atoms with Crippen molar-refractivity contribution in [1.29, 1.82) is 0 Å². The van der Waals surface area contributed by atoms with Crippen molar-refractivity contribution in [1.82, 2.24) is 0 Å². The highest BCUT2D eigenvalue weighted by molar-refractivity contribution is 5.95. The van der Waals surface area contributed by atoms with E-state index in [9.17, 15) is 9.59 Å². The minimum absolute atomic E-state index is 0.118. The lowest BCUT2D eigenvalue weighted by Crippen LogP contribution is -2.20. The third-order valence-corrected chi connectivity index (χ3v) is 3.12. The Kier molecular flexibility index (Phi) is 6.19. The second-order valence-corrected chi connectivity index (χ2v) is 5.10. The van der Waals surface area contributed by atoms with Crippen molar-refractivity contribution in [3.8, 4) is 11.5 Å². The quantitative estimate of drug-likeness (QED) is 0.779. The van der Waals surface area contributed by atoms with Gasteiger partial charge in [0, 0.05) is 11.3 Å². The monoisotopic (exact) mass is 328 g/mol. The van der Waals surface area contributed by atoms with Crippen molar-refractivity contribution in [2.24, 2.45) is 5.73 Å². The summed E-state index contributed by atoms with van der Waals surface area (Å²) in [5.41, 5.74) is 6.11. The van der Waals surface area contributed by atoms with Crippen LogP contribution in [0.25, 0.3) is 0 Å². The molecule has 2 rings (SSSR count). The van der Waals surface area contributed by atoms with Crippen LogP contribution in [0.1, 0.15) is 23.7 Å². The molecule has 6 nitrogen and oxygen atoms in total. The number of primary amides is 1. The molecule has 0 aromatic heterocycles. The van der Waals surface area contributed by atoms with Crippen LogP contribution in [-0.4, -0.2) is 25.0 Å². The van der Waals surface area contributed by atoms with E-state index in [0.717, 1.165) is 12.2 Å². The van der Waals surface area contributed by atoms with E-state index in [0.29, 0.717) is 23.6 Å². The number of amides is 2. The van der Waals surface area contributed by atoms with Gasteiger partial charge < -0.3 is 20.5 Å². The number of nitrogens with one attached hydrogen (secondary N) is 1. The number of anilines is 1. The van der Waals surface area contributed by atoms with Gasteiger partial charge in [-0.2, -0.15) is 0 Å². The second-order valence-electron chi connectivity index (χ2n) is 5.10. The number of carbonyl (C=O) groups excluding carboxylic acids is 2. The van der Waals surface area contributed by atoms with Gasteiger partial charge in [0.2, 0.25) is 5.91 Å². The fourth-order valence-corrected chi connectivity index (χ4v) is 1.92. The average Bonchev–Trinajstić information content (AvgIpc) is 2.59. The Labute approximate surface area is 140 Å². The summed E-state index contributed by atoms with van der Waals surface area (Å²) in [6.45, 7) is 2.58. The SMILES string of the molecule is CCCOc1ccc(OCC(=O)Nc2ccc(C(N)=O)cc2)cc1. The first kappa shape index (κ1) is 17.3. The molecule has 0 atom stereocenters. The maximum atomic E-state index is 11.9. The molecule has 0 unspecified atom stereocenters. The van der Waals surface area contributed by atoms with Crippen LogP contribution in [0, 0.1) is 0 Å². The molecular weight excluding hydrogens is 308 g/mol. The molecule has 0 spiro atoms. The van der Waals surface area contributed by atoms with E-state index in [2.05, 4.69) is 5.32 Å². The molecule has 0 aliphatic carbocycles. The molecule has 0 heterocycles. The van der Waals surface area contributed by atoms with Gasteiger partial charge in [0.25, 0.3) is 5.91 Å². The summed E-state index contributed by atoms with van der Waals surface area (Å²) in [7, 11) is 0. The van der Waals surface area contributed by atoms with Crippen molar-refractivity contribution < 1.29 is 19.1 Å². The number of rotatable bonds is 8. The van der Waals surface area contributed by atoms with Gasteiger partial charge >= 0.3 is 0 Å². The molecule has 2 aromatic rings. The van der Waals surface area contributed by atoms with Crippen LogP contribution in [0.5, 0.6) is 11.5 Å². The fourth-order valence-electron chi connectivity index (χ4n) is 1.92. The van der Waals surface area contributed by atoms with Gasteiger partial charge in [-0.1, -0.05) is 6.92 Å². The van der Waals surface area contributed by atoms with E-state index in [-0.39, 0.29) is 12.5 Å². The Morgan fingerprint density at radius 3 is 2.08 bits per heavy atom. The molecule has 2 aromatic carbocycles. The van der Waals surface area contributed by atoms with Crippen LogP contribution >= 0.6 is 0 Å². The molecular formula is C18H20N2O4. The number of nitrogens with two attached hydrogens (primary N) is 1. The van der Waals surface area contributed by atoms with E-state index < -0.39 is 5.91 Å². The van der Waals surface area contributed by atoms with Crippen LogP contribution < -0.4 is 20.5 Å². The minimum atomic E-state index is -0.512. The second kappa shape index (κ2) is 8.57. The Morgan fingerprint density at radius 1 is 0.958 bits per heavy atom. The zero-order chi connectivity index (χ0) is 17.4. The largest absolute Gasteiger partial charge is 0.494 e. The van der Waals surface area contributed by atoms with Crippen molar-refractivity contribution in [3.63, 3.8) is 0 Å². The van der Waals surface area contributed by atoms with E-state index in [1.54, 1.807) is 48.5 Å². The van der Waals surface area contributed by atoms with Crippen LogP contribution in [0.15, 0.2) is 48.5 Å². The van der Waals surface area contributed by atoms with Gasteiger partial charge in [-0.05, 0) is 55.0 Å². The summed E-state index contributed by atoms with van der Waals surface area (Å²) < 4.78 is 10.9. The molecule has 0 saturated heterocycles. The molecule has 24 heavy (non-hydrogen) atoms. The van der Waals surface area contributed by atoms with E-state index in [1.807, 2.05) is 6.92 Å². The Morgan fingerprint density at radius 2 is 1.54 bits per heavy atom. The number of benzene rings is 2. The van der Waals surface area contributed by atoms with E-state index in [4.69, 9.17) is 15.2 Å². The molecule has 0 saturated carbocycles. The van der Waals surface area contributed by atoms with Crippen molar-refractivity contribution in [3.05, 3.63) is 54.1 Å². The van der Waals surface area contributed by atoms with Crippen molar-refractivity contribution in [2.45, 2.75) is 13.3 Å². The standard InChI is InChI=1S/C18H20N2O4/c1-2-11-23-15-7-9-16(10-8-15)24-12-17(21)20-14-5-3-13(4-6-14)18(19)22/h3-10H,2,11-12H2,1H3,(H2,19,22)(H,20,21). The third kappa shape index (κ3) is 5.31. The van der Waals surface area contributed by atoms with Gasteiger partial charge in [-0.25, -0.2) is 0 Å². The molecule has 0 fully saturated rings. The molecule has 0 bridgehead atoms. The zero-order valence-corrected chi connectivity index (χ0v) is 13.5. The number of ether oxygens (including phenoxy) is 2. The average molecular weight is 328 g/mol. The predicted molar refractivity (Wildman–Crippen MR) is 91.3 cm³/mol. The minimum Gasteiger partial charge on any atom is -0.494 e. The normalized spacial score (nSPS) is 10.0. The van der Waals surface area contributed by atoms with Gasteiger partial charge in [-0.15, -0.1) is 0 Å². The highest BCUT2D eigenvalue weighted by atomic mass is 16.5. The highest BCUT2D eigenvalue weighted by Gasteiger charge is 2.05. The molecule has 0 aliphatic rings. The van der Waals surface area contributed by atoms with Gasteiger partial charge in [0.05, 0.1) is 6.61 Å². The first-order chi connectivity index (χ1) is 11.6. The predicted octanol–water partition coefficient (Wildman–Crippen LogP) is 2.59. The molecule has 3 N–H and O–H groups in total. The van der Waals surface area contributed by atoms with Gasteiger partial charge in [-0.3, -0.25) is 9.59 Å². The lowest BCUT2D eigenvalue weighted by molar-refractivity contribution is -0.118. The van der Waals surface area contributed by atoms with Crippen LogP contribution in [0.3, 0.4) is 0 Å². The maximum Gasteiger partial charge on any atom is 0.262 e. The van der Waals surface area contributed by atoms with Crippen molar-refractivity contribution >= 4 is 17.5 Å². The Bertz CT molecular complexity index is 681. The van der Waals surface area contributed by atoms with E-state index in [1.165, 1.54) is 0 Å². The Hall–Kier alpha value is -3.02. The highest BCUT2D eigenvalue weighted by Crippen LogP contribution is 2.18. The first-order valence-electron chi connectivity index (χ1n) is 7.64. The number of hydrogen-bond acceptors (Lipinski definition) is 4. The maximum absolute atomic E-state index is 11.9. The number of carbonyl (C=O) groups is 2. The van der Waals surface area contributed by atoms with Gasteiger partial charge in [0.15, 0.2) is 6.61 Å². The fraction of sp³-hybridized carbons (Fsp3) is 0.222. The zero-order valence-electron chi connectivity index (χ0n) is 13.5. The summed E-state index contributed by atoms with van der Waals surface area (Å²) in [4.78, 5) is 22.8. The smallest absolute Gasteiger partial charge is 0.262 e.